The molecule has 4 saturated carbocycles. The molecule has 164 valence electrons. The molecule has 30 heavy (non-hydrogen) atoms. The highest BCUT2D eigenvalue weighted by Crippen LogP contribution is 2.64. The molecular formula is C27H40N2O. The molecule has 0 aromatic carbocycles. The van der Waals surface area contributed by atoms with Crippen molar-refractivity contribution in [1.82, 2.24) is 10.3 Å². The molecular weight excluding hydrogens is 368 g/mol. The zero-order chi connectivity index (χ0) is 20.9. The number of nitrogens with one attached hydrogen (secondary N) is 1. The Bertz CT molecular complexity index is 763. The Morgan fingerprint density at radius 2 is 1.93 bits per heavy atom. The second-order valence-corrected chi connectivity index (χ2v) is 11.6. The van der Waals surface area contributed by atoms with Gasteiger partial charge in [0.25, 0.3) is 5.91 Å². The van der Waals surface area contributed by atoms with Gasteiger partial charge in [0, 0.05) is 18.4 Å². The van der Waals surface area contributed by atoms with Gasteiger partial charge in [-0.15, -0.1) is 0 Å². The molecule has 4 aliphatic carbocycles. The van der Waals surface area contributed by atoms with Crippen LogP contribution in [0.5, 0.6) is 0 Å². The van der Waals surface area contributed by atoms with Crippen LogP contribution in [0, 0.1) is 46.8 Å². The van der Waals surface area contributed by atoms with Crippen molar-refractivity contribution >= 4 is 5.91 Å². The van der Waals surface area contributed by atoms with Crippen molar-refractivity contribution < 1.29 is 4.79 Å². The van der Waals surface area contributed by atoms with Crippen molar-refractivity contribution in [2.45, 2.75) is 84.6 Å². The molecule has 0 spiro atoms. The van der Waals surface area contributed by atoms with E-state index < -0.39 is 0 Å². The average molecular weight is 409 g/mol. The van der Waals surface area contributed by atoms with Crippen LogP contribution in [0.3, 0.4) is 0 Å². The maximum atomic E-state index is 12.7. The van der Waals surface area contributed by atoms with E-state index in [1.807, 2.05) is 12.1 Å². The summed E-state index contributed by atoms with van der Waals surface area (Å²) in [6, 6.07) is 3.94. The van der Waals surface area contributed by atoms with Crippen LogP contribution < -0.4 is 5.32 Å². The smallest absolute Gasteiger partial charge is 0.253 e. The van der Waals surface area contributed by atoms with E-state index in [4.69, 9.17) is 0 Å². The van der Waals surface area contributed by atoms with Crippen molar-refractivity contribution in [3.8, 4) is 0 Å². The van der Waals surface area contributed by atoms with E-state index in [2.05, 4.69) is 31.1 Å². The van der Waals surface area contributed by atoms with Crippen LogP contribution in [0.1, 0.15) is 88.9 Å². The number of hydrogen-bond donors (Lipinski definition) is 1. The van der Waals surface area contributed by atoms with E-state index in [1.165, 1.54) is 57.8 Å². The van der Waals surface area contributed by atoms with Crippen LogP contribution in [0.2, 0.25) is 0 Å². The third-order valence-electron chi connectivity index (χ3n) is 10.2. The third-order valence-corrected chi connectivity index (χ3v) is 10.2. The van der Waals surface area contributed by atoms with Gasteiger partial charge >= 0.3 is 0 Å². The van der Waals surface area contributed by atoms with Crippen molar-refractivity contribution in [3.05, 3.63) is 30.1 Å². The molecule has 4 fully saturated rings. The predicted molar refractivity (Wildman–Crippen MR) is 121 cm³/mol. The van der Waals surface area contributed by atoms with Gasteiger partial charge in [0.15, 0.2) is 0 Å². The molecule has 0 aliphatic heterocycles. The molecule has 4 aliphatic rings. The van der Waals surface area contributed by atoms with Gasteiger partial charge in [-0.1, -0.05) is 20.3 Å². The molecule has 0 saturated heterocycles. The number of amides is 1. The largest absolute Gasteiger partial charge is 0.349 e. The van der Waals surface area contributed by atoms with Crippen LogP contribution >= 0.6 is 0 Å². The zero-order valence-electron chi connectivity index (χ0n) is 19.1. The van der Waals surface area contributed by atoms with Crippen LogP contribution in [-0.4, -0.2) is 16.9 Å². The first-order valence-corrected chi connectivity index (χ1v) is 12.7. The lowest BCUT2D eigenvalue weighted by Crippen LogP contribution is -2.51. The summed E-state index contributed by atoms with van der Waals surface area (Å²) in [5.74, 6) is 6.45. The molecule has 3 nitrogen and oxygen atoms in total. The van der Waals surface area contributed by atoms with E-state index in [-0.39, 0.29) is 11.9 Å². The Morgan fingerprint density at radius 1 is 1.10 bits per heavy atom. The Hall–Kier alpha value is -1.38. The summed E-state index contributed by atoms with van der Waals surface area (Å²) in [6.45, 7) is 7.30. The summed E-state index contributed by atoms with van der Waals surface area (Å²) in [5, 5.41) is 3.34. The number of aromatic nitrogens is 1. The fourth-order valence-electron chi connectivity index (χ4n) is 8.84. The number of carbonyl (C=O) groups is 1. The lowest BCUT2D eigenvalue weighted by atomic mass is 9.49. The highest BCUT2D eigenvalue weighted by molar-refractivity contribution is 5.94. The summed E-state index contributed by atoms with van der Waals surface area (Å²) in [6.07, 6.45) is 16.3. The maximum absolute atomic E-state index is 12.7. The molecule has 0 radical (unpaired) electrons. The normalized spacial score (nSPS) is 43.8. The lowest BCUT2D eigenvalue weighted by Gasteiger charge is -2.56. The van der Waals surface area contributed by atoms with Gasteiger partial charge in [-0.3, -0.25) is 9.78 Å². The minimum atomic E-state index is 0.0353. The van der Waals surface area contributed by atoms with Gasteiger partial charge in [-0.2, -0.15) is 0 Å². The topological polar surface area (TPSA) is 42.0 Å². The molecule has 3 heteroatoms. The number of carbonyl (C=O) groups excluding carboxylic acids is 1. The molecule has 3 unspecified atom stereocenters. The summed E-state index contributed by atoms with van der Waals surface area (Å²) in [4.78, 5) is 16.8. The highest BCUT2D eigenvalue weighted by Gasteiger charge is 2.57. The Kier molecular flexibility index (Phi) is 5.44. The minimum absolute atomic E-state index is 0.0353. The van der Waals surface area contributed by atoms with E-state index in [9.17, 15) is 4.79 Å². The molecule has 1 aromatic rings. The Balaban J connectivity index is 1.29. The molecule has 1 N–H and O–H groups in total. The maximum Gasteiger partial charge on any atom is 0.253 e. The Labute approximate surface area is 182 Å². The van der Waals surface area contributed by atoms with E-state index in [1.54, 1.807) is 12.4 Å². The minimum Gasteiger partial charge on any atom is -0.349 e. The summed E-state index contributed by atoms with van der Waals surface area (Å²) >= 11 is 0. The van der Waals surface area contributed by atoms with Gasteiger partial charge < -0.3 is 5.32 Å². The van der Waals surface area contributed by atoms with Crippen molar-refractivity contribution in [1.29, 1.82) is 0 Å². The number of nitrogens with zero attached hydrogens (tertiary/aromatic N) is 1. The van der Waals surface area contributed by atoms with Gasteiger partial charge in [0.1, 0.15) is 0 Å². The van der Waals surface area contributed by atoms with Gasteiger partial charge in [0.05, 0.1) is 5.56 Å². The first kappa shape index (κ1) is 20.5. The van der Waals surface area contributed by atoms with Gasteiger partial charge in [-0.25, -0.2) is 0 Å². The molecule has 1 heterocycles. The SMILES string of the molecule is C[C@H]1CC[C@@H]2C3CC[C@@]4(C)C(CCC4[C@H](C)NC(=O)c4cccnc4)[C@@H]3CC[C@@H]2C1. The van der Waals surface area contributed by atoms with Gasteiger partial charge in [0.2, 0.25) is 0 Å². The molecule has 5 rings (SSSR count). The fraction of sp³-hybridized carbons (Fsp3) is 0.778. The highest BCUT2D eigenvalue weighted by atomic mass is 16.1. The summed E-state index contributed by atoms with van der Waals surface area (Å²) in [7, 11) is 0. The summed E-state index contributed by atoms with van der Waals surface area (Å²) < 4.78 is 0. The number of pyridine rings is 1. The van der Waals surface area contributed by atoms with Crippen LogP contribution in [-0.2, 0) is 0 Å². The van der Waals surface area contributed by atoms with E-state index in [0.29, 0.717) is 16.9 Å². The van der Waals surface area contributed by atoms with Crippen molar-refractivity contribution in [3.63, 3.8) is 0 Å². The third kappa shape index (κ3) is 3.41. The first-order chi connectivity index (χ1) is 14.5. The van der Waals surface area contributed by atoms with E-state index in [0.717, 1.165) is 35.5 Å². The van der Waals surface area contributed by atoms with Crippen LogP contribution in [0.4, 0.5) is 0 Å². The number of hydrogen-bond acceptors (Lipinski definition) is 2. The van der Waals surface area contributed by atoms with Crippen molar-refractivity contribution in [2.24, 2.45) is 46.8 Å². The first-order valence-electron chi connectivity index (χ1n) is 12.7. The predicted octanol–water partition coefficient (Wildman–Crippen LogP) is 6.10. The quantitative estimate of drug-likeness (QED) is 0.656. The monoisotopic (exact) mass is 408 g/mol. The summed E-state index contributed by atoms with van der Waals surface area (Å²) in [5.41, 5.74) is 1.08. The Morgan fingerprint density at radius 3 is 2.73 bits per heavy atom. The molecule has 1 aromatic heterocycles. The molecule has 1 amide bonds. The standard InChI is InChI=1S/C27H40N2O/c1-17-6-8-21-19(15-17)7-9-23-22(21)12-13-27(3)24(10-11-25(23)27)18(2)29-26(30)20-5-4-14-28-16-20/h4-5,14,16-19,21-25H,6-13,15H2,1-3H3,(H,29,30)/t17-,18-,19+,21-,22?,23+,24?,25?,27+/m0/s1. The second kappa shape index (κ2) is 7.95. The average Bonchev–Trinajstić information content (AvgIpc) is 3.11. The zero-order valence-corrected chi connectivity index (χ0v) is 19.1. The molecule has 0 bridgehead atoms. The fourth-order valence-corrected chi connectivity index (χ4v) is 8.84. The van der Waals surface area contributed by atoms with Gasteiger partial charge in [-0.05, 0) is 117 Å². The number of rotatable bonds is 3. The number of fused-ring (bicyclic) bond motifs is 5. The van der Waals surface area contributed by atoms with E-state index >= 15 is 0 Å². The van der Waals surface area contributed by atoms with Crippen molar-refractivity contribution in [2.75, 3.05) is 0 Å². The lowest BCUT2D eigenvalue weighted by molar-refractivity contribution is -0.0698. The molecule has 9 atom stereocenters. The second-order valence-electron chi connectivity index (χ2n) is 11.6. The van der Waals surface area contributed by atoms with Crippen LogP contribution in [0.15, 0.2) is 24.5 Å². The van der Waals surface area contributed by atoms with Crippen LogP contribution in [0.25, 0.3) is 0 Å².